The average Bonchev–Trinajstić information content (AvgIpc) is 2.19. The molecular formula is C11H12ClNO2. The number of nitrogens with two attached hydrogens (primary N) is 1. The second-order valence-corrected chi connectivity index (χ2v) is 3.27. The van der Waals surface area contributed by atoms with E-state index < -0.39 is 5.91 Å². The maximum absolute atomic E-state index is 10.5. The molecule has 1 amide bonds. The van der Waals surface area contributed by atoms with Crippen LogP contribution in [0, 0.1) is 0 Å². The lowest BCUT2D eigenvalue weighted by Gasteiger charge is -2.05. The van der Waals surface area contributed by atoms with Crippen LogP contribution in [0.5, 0.6) is 5.75 Å². The molecule has 1 aromatic carbocycles. The smallest absolute Gasteiger partial charge is 0.241 e. The van der Waals surface area contributed by atoms with Crippen LogP contribution in [0.15, 0.2) is 24.3 Å². The van der Waals surface area contributed by atoms with Crippen LogP contribution in [0.1, 0.15) is 12.5 Å². The van der Waals surface area contributed by atoms with Gasteiger partial charge in [0.05, 0.1) is 11.6 Å². The van der Waals surface area contributed by atoms with E-state index in [1.807, 2.05) is 6.92 Å². The number of carbonyl (C=O) groups is 1. The minimum absolute atomic E-state index is 0.486. The lowest BCUT2D eigenvalue weighted by molar-refractivity contribution is -0.113. The van der Waals surface area contributed by atoms with Crippen molar-refractivity contribution in [3.05, 3.63) is 34.9 Å². The van der Waals surface area contributed by atoms with Gasteiger partial charge in [0.15, 0.2) is 0 Å². The summed E-state index contributed by atoms with van der Waals surface area (Å²) in [4.78, 5) is 10.5. The fourth-order valence-electron chi connectivity index (χ4n) is 1.07. The van der Waals surface area contributed by atoms with E-state index in [4.69, 9.17) is 22.1 Å². The largest absolute Gasteiger partial charge is 0.492 e. The van der Waals surface area contributed by atoms with E-state index >= 15 is 0 Å². The Hall–Kier alpha value is -1.48. The van der Waals surface area contributed by atoms with E-state index in [1.165, 1.54) is 6.08 Å². The summed E-state index contributed by atoms with van der Waals surface area (Å²) in [6.45, 7) is 2.45. The van der Waals surface area contributed by atoms with Crippen molar-refractivity contribution in [1.82, 2.24) is 0 Å². The third-order valence-corrected chi connectivity index (χ3v) is 1.99. The number of hydrogen-bond acceptors (Lipinski definition) is 2. The van der Waals surface area contributed by atoms with E-state index in [0.717, 1.165) is 5.56 Å². The van der Waals surface area contributed by atoms with Crippen LogP contribution in [0.2, 0.25) is 5.02 Å². The molecule has 0 radical (unpaired) electrons. The minimum atomic E-state index is -0.486. The molecule has 0 unspecified atom stereocenters. The summed E-state index contributed by atoms with van der Waals surface area (Å²) in [5.74, 6) is 0.149. The van der Waals surface area contributed by atoms with Gasteiger partial charge in [-0.2, -0.15) is 0 Å². The van der Waals surface area contributed by atoms with Gasteiger partial charge in [-0.25, -0.2) is 0 Å². The van der Waals surface area contributed by atoms with Crippen molar-refractivity contribution < 1.29 is 9.53 Å². The molecule has 0 fully saturated rings. The first-order valence-electron chi connectivity index (χ1n) is 4.53. The molecule has 0 saturated carbocycles. The Morgan fingerprint density at radius 1 is 1.60 bits per heavy atom. The maximum Gasteiger partial charge on any atom is 0.241 e. The Morgan fingerprint density at radius 3 is 2.87 bits per heavy atom. The molecule has 0 heterocycles. The zero-order chi connectivity index (χ0) is 11.3. The summed E-state index contributed by atoms with van der Waals surface area (Å²) >= 11 is 5.95. The van der Waals surface area contributed by atoms with Crippen molar-refractivity contribution in [2.75, 3.05) is 6.61 Å². The number of amides is 1. The van der Waals surface area contributed by atoms with Crippen molar-refractivity contribution in [1.29, 1.82) is 0 Å². The molecule has 2 N–H and O–H groups in total. The van der Waals surface area contributed by atoms with Crippen molar-refractivity contribution in [2.24, 2.45) is 5.73 Å². The molecule has 0 bridgehead atoms. The van der Waals surface area contributed by atoms with Gasteiger partial charge >= 0.3 is 0 Å². The highest BCUT2D eigenvalue weighted by Gasteiger charge is 2.00. The SMILES string of the molecule is CCOc1ccc(/C=C/C(N)=O)cc1Cl. The number of ether oxygens (including phenoxy) is 1. The Balaban J connectivity index is 2.86. The Labute approximate surface area is 93.5 Å². The van der Waals surface area contributed by atoms with Crippen LogP contribution < -0.4 is 10.5 Å². The molecule has 0 atom stereocenters. The quantitative estimate of drug-likeness (QED) is 0.799. The van der Waals surface area contributed by atoms with Gasteiger partial charge in [-0.05, 0) is 30.7 Å². The third-order valence-electron chi connectivity index (χ3n) is 1.70. The molecule has 0 aromatic heterocycles. The molecule has 15 heavy (non-hydrogen) atoms. The molecule has 0 saturated heterocycles. The molecular weight excluding hydrogens is 214 g/mol. The minimum Gasteiger partial charge on any atom is -0.492 e. The highest BCUT2D eigenvalue weighted by molar-refractivity contribution is 6.32. The second-order valence-electron chi connectivity index (χ2n) is 2.86. The fourth-order valence-corrected chi connectivity index (χ4v) is 1.32. The Morgan fingerprint density at radius 2 is 2.33 bits per heavy atom. The number of primary amides is 1. The van der Waals surface area contributed by atoms with E-state index in [0.29, 0.717) is 17.4 Å². The van der Waals surface area contributed by atoms with Gasteiger partial charge in [-0.15, -0.1) is 0 Å². The number of halogens is 1. The van der Waals surface area contributed by atoms with Gasteiger partial charge in [-0.1, -0.05) is 17.7 Å². The Bertz CT molecular complexity index is 388. The van der Waals surface area contributed by atoms with Crippen molar-refractivity contribution in [3.63, 3.8) is 0 Å². The van der Waals surface area contributed by atoms with Gasteiger partial charge in [0.2, 0.25) is 5.91 Å². The van der Waals surface area contributed by atoms with Gasteiger partial charge in [-0.3, -0.25) is 4.79 Å². The predicted octanol–water partition coefficient (Wildman–Crippen LogP) is 2.24. The monoisotopic (exact) mass is 225 g/mol. The molecule has 0 aliphatic rings. The summed E-state index contributed by atoms with van der Waals surface area (Å²) in [5.41, 5.74) is 5.78. The lowest BCUT2D eigenvalue weighted by atomic mass is 10.2. The molecule has 1 aromatic rings. The summed E-state index contributed by atoms with van der Waals surface area (Å²) < 4.78 is 5.27. The standard InChI is InChI=1S/C11H12ClNO2/c1-2-15-10-5-3-8(7-9(10)12)4-6-11(13)14/h3-7H,2H2,1H3,(H2,13,14)/b6-4+. The number of rotatable bonds is 4. The predicted molar refractivity (Wildman–Crippen MR) is 60.8 cm³/mol. The van der Waals surface area contributed by atoms with E-state index in [-0.39, 0.29) is 0 Å². The van der Waals surface area contributed by atoms with Gasteiger partial charge < -0.3 is 10.5 Å². The molecule has 0 spiro atoms. The average molecular weight is 226 g/mol. The molecule has 3 nitrogen and oxygen atoms in total. The molecule has 0 aliphatic carbocycles. The normalized spacial score (nSPS) is 10.5. The number of hydrogen-bond donors (Lipinski definition) is 1. The fraction of sp³-hybridized carbons (Fsp3) is 0.182. The van der Waals surface area contributed by atoms with Crippen molar-refractivity contribution >= 4 is 23.6 Å². The Kier molecular flexibility index (Phi) is 4.18. The van der Waals surface area contributed by atoms with Crippen LogP contribution in [-0.2, 0) is 4.79 Å². The van der Waals surface area contributed by atoms with Gasteiger partial charge in [0.1, 0.15) is 5.75 Å². The summed E-state index contributed by atoms with van der Waals surface area (Å²) in [5, 5.41) is 0.517. The zero-order valence-corrected chi connectivity index (χ0v) is 9.12. The summed E-state index contributed by atoms with van der Waals surface area (Å²) in [6, 6.07) is 5.27. The van der Waals surface area contributed by atoms with Crippen LogP contribution in [0.3, 0.4) is 0 Å². The van der Waals surface area contributed by atoms with Crippen LogP contribution in [0.25, 0.3) is 6.08 Å². The summed E-state index contributed by atoms with van der Waals surface area (Å²) in [6.07, 6.45) is 2.88. The summed E-state index contributed by atoms with van der Waals surface area (Å²) in [7, 11) is 0. The molecule has 80 valence electrons. The molecule has 1 rings (SSSR count). The first-order chi connectivity index (χ1) is 7.13. The van der Waals surface area contributed by atoms with E-state index in [9.17, 15) is 4.79 Å². The van der Waals surface area contributed by atoms with E-state index in [1.54, 1.807) is 24.3 Å². The van der Waals surface area contributed by atoms with Crippen LogP contribution >= 0.6 is 11.6 Å². The number of carbonyl (C=O) groups excluding carboxylic acids is 1. The zero-order valence-electron chi connectivity index (χ0n) is 8.37. The maximum atomic E-state index is 10.5. The first-order valence-corrected chi connectivity index (χ1v) is 4.91. The van der Waals surface area contributed by atoms with E-state index in [2.05, 4.69) is 0 Å². The van der Waals surface area contributed by atoms with Crippen molar-refractivity contribution in [3.8, 4) is 5.75 Å². The third kappa shape index (κ3) is 3.64. The first kappa shape index (κ1) is 11.6. The van der Waals surface area contributed by atoms with Gasteiger partial charge in [0.25, 0.3) is 0 Å². The molecule has 4 heteroatoms. The molecule has 0 aliphatic heterocycles. The topological polar surface area (TPSA) is 52.3 Å². The van der Waals surface area contributed by atoms with Crippen molar-refractivity contribution in [2.45, 2.75) is 6.92 Å². The van der Waals surface area contributed by atoms with Crippen LogP contribution in [0.4, 0.5) is 0 Å². The lowest BCUT2D eigenvalue weighted by Crippen LogP contribution is -2.05. The van der Waals surface area contributed by atoms with Crippen LogP contribution in [-0.4, -0.2) is 12.5 Å². The van der Waals surface area contributed by atoms with Gasteiger partial charge in [0, 0.05) is 6.08 Å². The second kappa shape index (κ2) is 5.41. The highest BCUT2D eigenvalue weighted by atomic mass is 35.5. The highest BCUT2D eigenvalue weighted by Crippen LogP contribution is 2.25. The number of benzene rings is 1.